The number of carbonyl (C=O) groups is 1. The summed E-state index contributed by atoms with van der Waals surface area (Å²) in [5.74, 6) is -1.11. The first-order valence-corrected chi connectivity index (χ1v) is 4.41. The summed E-state index contributed by atoms with van der Waals surface area (Å²) in [6.07, 6.45) is 0.570. The van der Waals surface area contributed by atoms with Crippen LogP contribution >= 0.6 is 0 Å². The number of hydrogen-bond acceptors (Lipinski definition) is 2. The highest BCUT2D eigenvalue weighted by Crippen LogP contribution is 2.27. The van der Waals surface area contributed by atoms with Crippen molar-refractivity contribution in [1.29, 1.82) is 0 Å². The third-order valence-electron chi connectivity index (χ3n) is 2.44. The average Bonchev–Trinajstić information content (AvgIpc) is 2.05. The van der Waals surface area contributed by atoms with Gasteiger partial charge in [0, 0.05) is 6.04 Å². The fourth-order valence-corrected chi connectivity index (χ4v) is 1.55. The molecule has 4 heteroatoms. The Kier molecular flexibility index (Phi) is 2.21. The lowest BCUT2D eigenvalue weighted by Crippen LogP contribution is -2.50. The third-order valence-corrected chi connectivity index (χ3v) is 2.44. The highest BCUT2D eigenvalue weighted by Gasteiger charge is 2.34. The van der Waals surface area contributed by atoms with E-state index in [4.69, 9.17) is 5.11 Å². The zero-order valence-electron chi connectivity index (χ0n) is 7.40. The summed E-state index contributed by atoms with van der Waals surface area (Å²) in [7, 11) is 0. The standard InChI is InChI=1S/C10H10FNO2/c11-7-3-1-6(2-4-7)8-5-9(12-8)10(13)14/h1-4,8-9,12H,5H2,(H,13,14). The van der Waals surface area contributed by atoms with Gasteiger partial charge in [0.15, 0.2) is 0 Å². The van der Waals surface area contributed by atoms with Crippen LogP contribution in [0.4, 0.5) is 4.39 Å². The largest absolute Gasteiger partial charge is 0.480 e. The number of rotatable bonds is 2. The molecule has 74 valence electrons. The summed E-state index contributed by atoms with van der Waals surface area (Å²) in [5.41, 5.74) is 0.934. The average molecular weight is 195 g/mol. The summed E-state index contributed by atoms with van der Waals surface area (Å²) < 4.78 is 12.6. The van der Waals surface area contributed by atoms with Gasteiger partial charge in [-0.3, -0.25) is 10.1 Å². The second kappa shape index (κ2) is 3.38. The van der Waals surface area contributed by atoms with E-state index in [1.807, 2.05) is 0 Å². The molecule has 1 aliphatic rings. The number of nitrogens with one attached hydrogen (secondary N) is 1. The molecule has 2 unspecified atom stereocenters. The first kappa shape index (κ1) is 9.15. The van der Waals surface area contributed by atoms with Gasteiger partial charge in [0.2, 0.25) is 0 Å². The Bertz CT molecular complexity index is 344. The molecule has 1 aliphatic heterocycles. The predicted octanol–water partition coefficient (Wildman–Crippen LogP) is 1.31. The van der Waals surface area contributed by atoms with Gasteiger partial charge in [-0.1, -0.05) is 12.1 Å². The lowest BCUT2D eigenvalue weighted by Gasteiger charge is -2.34. The van der Waals surface area contributed by atoms with E-state index >= 15 is 0 Å². The first-order valence-electron chi connectivity index (χ1n) is 4.41. The van der Waals surface area contributed by atoms with Crippen LogP contribution in [0, 0.1) is 5.82 Å². The maximum absolute atomic E-state index is 12.6. The molecule has 0 bridgehead atoms. The SMILES string of the molecule is O=C(O)C1CC(c2ccc(F)cc2)N1. The molecular formula is C10H10FNO2. The molecule has 0 aliphatic carbocycles. The number of hydrogen-bond donors (Lipinski definition) is 2. The second-order valence-electron chi connectivity index (χ2n) is 3.40. The Morgan fingerprint density at radius 1 is 1.43 bits per heavy atom. The Morgan fingerprint density at radius 2 is 2.00 bits per heavy atom. The highest BCUT2D eigenvalue weighted by atomic mass is 19.1. The number of benzene rings is 1. The van der Waals surface area contributed by atoms with Crippen LogP contribution in [0.2, 0.25) is 0 Å². The van der Waals surface area contributed by atoms with Crippen LogP contribution in [0.3, 0.4) is 0 Å². The number of carboxylic acids is 1. The van der Waals surface area contributed by atoms with E-state index in [0.717, 1.165) is 5.56 Å². The van der Waals surface area contributed by atoms with Crippen LogP contribution in [-0.2, 0) is 4.79 Å². The molecular weight excluding hydrogens is 185 g/mol. The van der Waals surface area contributed by atoms with Gasteiger partial charge in [0.25, 0.3) is 0 Å². The van der Waals surface area contributed by atoms with E-state index in [0.29, 0.717) is 6.42 Å². The Morgan fingerprint density at radius 3 is 2.50 bits per heavy atom. The summed E-state index contributed by atoms with van der Waals surface area (Å²) in [6.45, 7) is 0. The van der Waals surface area contributed by atoms with Crippen molar-refractivity contribution >= 4 is 5.97 Å². The zero-order chi connectivity index (χ0) is 10.1. The molecule has 2 rings (SSSR count). The van der Waals surface area contributed by atoms with Gasteiger partial charge >= 0.3 is 5.97 Å². The van der Waals surface area contributed by atoms with Gasteiger partial charge in [0.05, 0.1) is 0 Å². The van der Waals surface area contributed by atoms with Gasteiger partial charge in [0.1, 0.15) is 11.9 Å². The molecule has 3 nitrogen and oxygen atoms in total. The molecule has 1 aromatic rings. The van der Waals surface area contributed by atoms with Crippen LogP contribution in [0.5, 0.6) is 0 Å². The summed E-state index contributed by atoms with van der Waals surface area (Å²) >= 11 is 0. The van der Waals surface area contributed by atoms with Crippen LogP contribution in [-0.4, -0.2) is 17.1 Å². The van der Waals surface area contributed by atoms with Crippen LogP contribution in [0.25, 0.3) is 0 Å². The Labute approximate surface area is 80.6 Å². The molecule has 14 heavy (non-hydrogen) atoms. The van der Waals surface area contributed by atoms with Gasteiger partial charge in [-0.05, 0) is 24.1 Å². The lowest BCUT2D eigenvalue weighted by molar-refractivity contribution is -0.142. The zero-order valence-corrected chi connectivity index (χ0v) is 7.40. The van der Waals surface area contributed by atoms with Crippen molar-refractivity contribution in [3.8, 4) is 0 Å². The lowest BCUT2D eigenvalue weighted by atomic mass is 9.91. The number of aliphatic carboxylic acids is 1. The number of carboxylic acid groups (broad SMARTS) is 1. The summed E-state index contributed by atoms with van der Waals surface area (Å²) in [5, 5.41) is 11.5. The first-order chi connectivity index (χ1) is 6.66. The molecule has 0 amide bonds. The Hall–Kier alpha value is -1.42. The molecule has 1 aromatic carbocycles. The quantitative estimate of drug-likeness (QED) is 0.748. The number of halogens is 1. The topological polar surface area (TPSA) is 49.3 Å². The van der Waals surface area contributed by atoms with Crippen LogP contribution in [0.1, 0.15) is 18.0 Å². The predicted molar refractivity (Wildman–Crippen MR) is 48.3 cm³/mol. The second-order valence-corrected chi connectivity index (χ2v) is 3.40. The van der Waals surface area contributed by atoms with Crippen molar-refractivity contribution in [2.45, 2.75) is 18.5 Å². The maximum atomic E-state index is 12.6. The van der Waals surface area contributed by atoms with E-state index in [1.165, 1.54) is 12.1 Å². The molecule has 2 N–H and O–H groups in total. The monoisotopic (exact) mass is 195 g/mol. The summed E-state index contributed by atoms with van der Waals surface area (Å²) in [6, 6.07) is 5.70. The molecule has 1 fully saturated rings. The van der Waals surface area contributed by atoms with Gasteiger partial charge < -0.3 is 5.11 Å². The fourth-order valence-electron chi connectivity index (χ4n) is 1.55. The molecule has 1 heterocycles. The summed E-state index contributed by atoms with van der Waals surface area (Å²) in [4.78, 5) is 10.5. The van der Waals surface area contributed by atoms with E-state index in [-0.39, 0.29) is 11.9 Å². The fraction of sp³-hybridized carbons (Fsp3) is 0.300. The van der Waals surface area contributed by atoms with E-state index in [2.05, 4.69) is 5.32 Å². The van der Waals surface area contributed by atoms with Crippen LogP contribution < -0.4 is 5.32 Å². The van der Waals surface area contributed by atoms with Crippen molar-refractivity contribution in [3.63, 3.8) is 0 Å². The van der Waals surface area contributed by atoms with Crippen LogP contribution in [0.15, 0.2) is 24.3 Å². The molecule has 0 saturated carbocycles. The minimum atomic E-state index is -0.830. The van der Waals surface area contributed by atoms with Gasteiger partial charge in [-0.15, -0.1) is 0 Å². The van der Waals surface area contributed by atoms with Crippen molar-refractivity contribution in [2.24, 2.45) is 0 Å². The molecule has 0 aromatic heterocycles. The van der Waals surface area contributed by atoms with Crippen molar-refractivity contribution < 1.29 is 14.3 Å². The molecule has 0 spiro atoms. The van der Waals surface area contributed by atoms with Crippen molar-refractivity contribution in [2.75, 3.05) is 0 Å². The Balaban J connectivity index is 2.00. The van der Waals surface area contributed by atoms with Gasteiger partial charge in [-0.25, -0.2) is 4.39 Å². The highest BCUT2D eigenvalue weighted by molar-refractivity contribution is 5.74. The van der Waals surface area contributed by atoms with Gasteiger partial charge in [-0.2, -0.15) is 0 Å². The van der Waals surface area contributed by atoms with E-state index < -0.39 is 12.0 Å². The van der Waals surface area contributed by atoms with Crippen molar-refractivity contribution in [3.05, 3.63) is 35.6 Å². The normalized spacial score (nSPS) is 25.5. The maximum Gasteiger partial charge on any atom is 0.320 e. The van der Waals surface area contributed by atoms with Crippen molar-refractivity contribution in [1.82, 2.24) is 5.32 Å². The minimum Gasteiger partial charge on any atom is -0.480 e. The molecule has 1 saturated heterocycles. The smallest absolute Gasteiger partial charge is 0.320 e. The van der Waals surface area contributed by atoms with E-state index in [1.54, 1.807) is 12.1 Å². The molecule has 2 atom stereocenters. The third kappa shape index (κ3) is 1.61. The van der Waals surface area contributed by atoms with E-state index in [9.17, 15) is 9.18 Å². The minimum absolute atomic E-state index is 0.0525. The molecule has 0 radical (unpaired) electrons.